The number of nitrogens with zero attached hydrogens (tertiary/aromatic N) is 1. The highest BCUT2D eigenvalue weighted by molar-refractivity contribution is 7.89. The third-order valence-corrected chi connectivity index (χ3v) is 6.05. The molecule has 1 atom stereocenters. The van der Waals surface area contributed by atoms with Gasteiger partial charge in [-0.2, -0.15) is 4.31 Å². The summed E-state index contributed by atoms with van der Waals surface area (Å²) in [6, 6.07) is 3.13. The normalized spacial score (nSPS) is 22.7. The van der Waals surface area contributed by atoms with Crippen LogP contribution in [0.25, 0.3) is 0 Å². The first-order valence-electron chi connectivity index (χ1n) is 7.00. The van der Waals surface area contributed by atoms with Gasteiger partial charge in [-0.15, -0.1) is 0 Å². The van der Waals surface area contributed by atoms with Gasteiger partial charge >= 0.3 is 5.97 Å². The molecule has 1 aromatic rings. The summed E-state index contributed by atoms with van der Waals surface area (Å²) >= 11 is 0. The molecule has 0 aromatic heterocycles. The smallest absolute Gasteiger partial charge is 0.310 e. The molecule has 0 amide bonds. The molecule has 2 rings (SSSR count). The molecule has 1 saturated heterocycles. The number of aliphatic carboxylic acids is 1. The Morgan fingerprint density at radius 1 is 1.32 bits per heavy atom. The summed E-state index contributed by atoms with van der Waals surface area (Å²) in [6.07, 6.45) is 0.315. The molecule has 1 aliphatic heterocycles. The molecule has 1 N–H and O–H groups in total. The second-order valence-corrected chi connectivity index (χ2v) is 7.98. The van der Waals surface area contributed by atoms with Gasteiger partial charge in [-0.3, -0.25) is 4.79 Å². The summed E-state index contributed by atoms with van der Waals surface area (Å²) in [6.45, 7) is 5.37. The lowest BCUT2D eigenvalue weighted by Gasteiger charge is -2.21. The molecule has 1 aliphatic rings. The van der Waals surface area contributed by atoms with Gasteiger partial charge in [-0.25, -0.2) is 8.42 Å². The zero-order valence-corrected chi connectivity index (χ0v) is 14.0. The van der Waals surface area contributed by atoms with Crippen molar-refractivity contribution in [3.8, 4) is 5.75 Å². The molecular weight excluding hydrogens is 306 g/mol. The van der Waals surface area contributed by atoms with Crippen LogP contribution in [0.3, 0.4) is 0 Å². The predicted octanol–water partition coefficient (Wildman–Crippen LogP) is 1.80. The van der Waals surface area contributed by atoms with E-state index in [0.29, 0.717) is 12.2 Å². The largest absolute Gasteiger partial charge is 0.496 e. The van der Waals surface area contributed by atoms with Crippen molar-refractivity contribution >= 4 is 16.0 Å². The van der Waals surface area contributed by atoms with E-state index in [-0.39, 0.29) is 18.0 Å². The number of rotatable bonds is 4. The van der Waals surface area contributed by atoms with Crippen LogP contribution in [0.2, 0.25) is 0 Å². The maximum Gasteiger partial charge on any atom is 0.310 e. The van der Waals surface area contributed by atoms with E-state index in [4.69, 9.17) is 4.74 Å². The molecule has 0 aliphatic carbocycles. The fraction of sp³-hybridized carbons (Fsp3) is 0.533. The van der Waals surface area contributed by atoms with E-state index in [2.05, 4.69) is 0 Å². The number of ether oxygens (including phenoxy) is 1. The summed E-state index contributed by atoms with van der Waals surface area (Å²) in [5, 5.41) is 9.25. The maximum absolute atomic E-state index is 12.7. The van der Waals surface area contributed by atoms with Crippen LogP contribution in [0, 0.1) is 19.3 Å². The van der Waals surface area contributed by atoms with Crippen LogP contribution in [0.15, 0.2) is 17.0 Å². The van der Waals surface area contributed by atoms with E-state index < -0.39 is 21.4 Å². The van der Waals surface area contributed by atoms with Crippen LogP contribution in [-0.4, -0.2) is 44.0 Å². The van der Waals surface area contributed by atoms with Gasteiger partial charge in [0, 0.05) is 13.1 Å². The molecule has 122 valence electrons. The monoisotopic (exact) mass is 327 g/mol. The molecule has 6 nitrogen and oxygen atoms in total. The van der Waals surface area contributed by atoms with E-state index in [1.165, 1.54) is 4.31 Å². The zero-order valence-electron chi connectivity index (χ0n) is 13.2. The minimum Gasteiger partial charge on any atom is -0.496 e. The fourth-order valence-corrected chi connectivity index (χ4v) is 4.57. The van der Waals surface area contributed by atoms with Gasteiger partial charge in [-0.05, 0) is 50.5 Å². The Labute approximate surface area is 130 Å². The van der Waals surface area contributed by atoms with Crippen molar-refractivity contribution < 1.29 is 23.1 Å². The highest BCUT2D eigenvalue weighted by Crippen LogP contribution is 2.35. The molecular formula is C15H21NO5S. The molecule has 0 bridgehead atoms. The molecule has 1 aromatic carbocycles. The van der Waals surface area contributed by atoms with Gasteiger partial charge in [0.25, 0.3) is 0 Å². The van der Waals surface area contributed by atoms with E-state index in [1.54, 1.807) is 40.0 Å². The molecule has 0 saturated carbocycles. The highest BCUT2D eigenvalue weighted by Gasteiger charge is 2.45. The highest BCUT2D eigenvalue weighted by atomic mass is 32.2. The molecule has 1 heterocycles. The Balaban J connectivity index is 2.39. The van der Waals surface area contributed by atoms with Crippen molar-refractivity contribution in [2.24, 2.45) is 5.41 Å². The van der Waals surface area contributed by atoms with Gasteiger partial charge in [0.1, 0.15) is 5.75 Å². The number of carboxylic acid groups (broad SMARTS) is 1. The van der Waals surface area contributed by atoms with E-state index in [9.17, 15) is 18.3 Å². The number of methoxy groups -OCH3 is 1. The average Bonchev–Trinajstić information content (AvgIpc) is 2.83. The van der Waals surface area contributed by atoms with Crippen molar-refractivity contribution in [3.63, 3.8) is 0 Å². The van der Waals surface area contributed by atoms with E-state index in [1.807, 2.05) is 0 Å². The second-order valence-electron chi connectivity index (χ2n) is 6.04. The molecule has 7 heteroatoms. The van der Waals surface area contributed by atoms with Crippen LogP contribution in [0.1, 0.15) is 24.5 Å². The summed E-state index contributed by atoms with van der Waals surface area (Å²) in [5.74, 6) is -0.303. The molecule has 0 spiro atoms. The minimum atomic E-state index is -3.70. The third kappa shape index (κ3) is 2.70. The van der Waals surface area contributed by atoms with Crippen LogP contribution < -0.4 is 4.74 Å². The quantitative estimate of drug-likeness (QED) is 0.911. The topological polar surface area (TPSA) is 83.9 Å². The molecule has 0 radical (unpaired) electrons. The Morgan fingerprint density at radius 3 is 2.27 bits per heavy atom. The summed E-state index contributed by atoms with van der Waals surface area (Å²) in [4.78, 5) is 11.5. The zero-order chi connectivity index (χ0) is 16.7. The maximum atomic E-state index is 12.7. The lowest BCUT2D eigenvalue weighted by molar-refractivity contribution is -0.146. The first-order valence-corrected chi connectivity index (χ1v) is 8.44. The number of benzene rings is 1. The lowest BCUT2D eigenvalue weighted by atomic mass is 9.90. The SMILES string of the molecule is COc1c(C)cc(S(=O)(=O)N2CCC(C)(C(=O)O)C2)cc1C. The van der Waals surface area contributed by atoms with E-state index in [0.717, 1.165) is 11.1 Å². The first-order chi connectivity index (χ1) is 10.1. The van der Waals surface area contributed by atoms with Gasteiger partial charge in [0.2, 0.25) is 10.0 Å². The number of carboxylic acids is 1. The van der Waals surface area contributed by atoms with Gasteiger partial charge in [-0.1, -0.05) is 0 Å². The number of hydrogen-bond acceptors (Lipinski definition) is 4. The fourth-order valence-electron chi connectivity index (χ4n) is 2.83. The number of sulfonamides is 1. The van der Waals surface area contributed by atoms with E-state index >= 15 is 0 Å². The summed E-state index contributed by atoms with van der Waals surface area (Å²) in [5.41, 5.74) is 0.450. The lowest BCUT2D eigenvalue weighted by Crippen LogP contribution is -2.35. The molecule has 1 unspecified atom stereocenters. The summed E-state index contributed by atoms with van der Waals surface area (Å²) in [7, 11) is -2.15. The van der Waals surface area contributed by atoms with Gasteiger partial charge in [0.15, 0.2) is 0 Å². The summed E-state index contributed by atoms with van der Waals surface area (Å²) < 4.78 is 32.0. The van der Waals surface area contributed by atoms with Crippen molar-refractivity contribution in [2.45, 2.75) is 32.1 Å². The Morgan fingerprint density at radius 2 is 1.86 bits per heavy atom. The first kappa shape index (κ1) is 16.8. The third-order valence-electron chi connectivity index (χ3n) is 4.23. The average molecular weight is 327 g/mol. The van der Waals surface area contributed by atoms with Crippen molar-refractivity contribution in [2.75, 3.05) is 20.2 Å². The Hall–Kier alpha value is -1.60. The Bertz CT molecular complexity index is 690. The van der Waals surface area contributed by atoms with Crippen LogP contribution >= 0.6 is 0 Å². The molecule has 1 fully saturated rings. The van der Waals surface area contributed by atoms with Crippen LogP contribution in [0.4, 0.5) is 0 Å². The van der Waals surface area contributed by atoms with Crippen LogP contribution in [-0.2, 0) is 14.8 Å². The minimum absolute atomic E-state index is 0.00517. The Kier molecular flexibility index (Phi) is 4.23. The van der Waals surface area contributed by atoms with Gasteiger partial charge in [0.05, 0.1) is 17.4 Å². The number of aryl methyl sites for hydroxylation is 2. The van der Waals surface area contributed by atoms with Crippen molar-refractivity contribution in [3.05, 3.63) is 23.3 Å². The second kappa shape index (κ2) is 5.55. The standard InChI is InChI=1S/C15H21NO5S/c1-10-7-12(8-11(2)13(10)21-4)22(19,20)16-6-5-15(3,9-16)14(17)18/h7-8H,5-6,9H2,1-4H3,(H,17,18). The number of hydrogen-bond donors (Lipinski definition) is 1. The van der Waals surface area contributed by atoms with Crippen molar-refractivity contribution in [1.29, 1.82) is 0 Å². The predicted molar refractivity (Wildman–Crippen MR) is 81.6 cm³/mol. The van der Waals surface area contributed by atoms with Crippen LogP contribution in [0.5, 0.6) is 5.75 Å². The van der Waals surface area contributed by atoms with Crippen molar-refractivity contribution in [1.82, 2.24) is 4.31 Å². The molecule has 22 heavy (non-hydrogen) atoms. The van der Waals surface area contributed by atoms with Gasteiger partial charge < -0.3 is 9.84 Å². The number of carbonyl (C=O) groups is 1.